The molecule has 1 aliphatic rings. The molecule has 2 atom stereocenters. The molecular weight excluding hydrogens is 428 g/mol. The first-order valence-corrected chi connectivity index (χ1v) is 11.4. The van der Waals surface area contributed by atoms with Crippen LogP contribution in [-0.4, -0.2) is 25.4 Å². The zero-order chi connectivity index (χ0) is 24.1. The largest absolute Gasteiger partial charge is 0.481 e. The number of anilines is 1. The summed E-state index contributed by atoms with van der Waals surface area (Å²) in [7, 11) is 0. The highest BCUT2D eigenvalue weighted by atomic mass is 16.5. The van der Waals surface area contributed by atoms with E-state index >= 15 is 0 Å². The van der Waals surface area contributed by atoms with Crippen molar-refractivity contribution in [3.05, 3.63) is 72.8 Å². The number of carbonyl (C=O) groups is 1. The SMILES string of the molecule is CC1(C)[C@@H](c2nc(-c3ccc(Oc4ccccc4)cc3)c3c(N)nccn23)CC[C@@]1(C)C(=O)O. The van der Waals surface area contributed by atoms with Gasteiger partial charge in [0.1, 0.15) is 34.4 Å². The van der Waals surface area contributed by atoms with E-state index in [-0.39, 0.29) is 5.92 Å². The van der Waals surface area contributed by atoms with Crippen LogP contribution in [0.4, 0.5) is 5.82 Å². The van der Waals surface area contributed by atoms with Gasteiger partial charge in [0.2, 0.25) is 0 Å². The highest BCUT2D eigenvalue weighted by Crippen LogP contribution is 2.60. The second-order valence-electron chi connectivity index (χ2n) is 9.74. The third-order valence-electron chi connectivity index (χ3n) is 7.73. The van der Waals surface area contributed by atoms with Gasteiger partial charge in [0, 0.05) is 23.9 Å². The number of carboxylic acids is 1. The number of hydrogen-bond donors (Lipinski definition) is 2. The van der Waals surface area contributed by atoms with Crippen molar-refractivity contribution in [3.8, 4) is 22.8 Å². The molecule has 5 rings (SSSR count). The van der Waals surface area contributed by atoms with Crippen LogP contribution in [0.25, 0.3) is 16.8 Å². The van der Waals surface area contributed by atoms with Crippen LogP contribution in [0, 0.1) is 10.8 Å². The number of nitrogen functional groups attached to an aromatic ring is 1. The summed E-state index contributed by atoms with van der Waals surface area (Å²) >= 11 is 0. The lowest BCUT2D eigenvalue weighted by atomic mass is 9.65. The molecule has 0 bridgehead atoms. The Kier molecular flexibility index (Phi) is 5.08. The zero-order valence-corrected chi connectivity index (χ0v) is 19.5. The van der Waals surface area contributed by atoms with Crippen LogP contribution in [0.1, 0.15) is 45.4 Å². The molecule has 1 fully saturated rings. The summed E-state index contributed by atoms with van der Waals surface area (Å²) in [5.41, 5.74) is 7.33. The fourth-order valence-corrected chi connectivity index (χ4v) is 5.17. The van der Waals surface area contributed by atoms with Gasteiger partial charge >= 0.3 is 5.97 Å². The lowest BCUT2D eigenvalue weighted by molar-refractivity contribution is -0.153. The average molecular weight is 457 g/mol. The molecule has 0 amide bonds. The molecule has 7 nitrogen and oxygen atoms in total. The molecule has 4 aromatic rings. The normalized spacial score (nSPS) is 21.6. The molecule has 2 aromatic carbocycles. The van der Waals surface area contributed by atoms with Crippen LogP contribution in [-0.2, 0) is 4.79 Å². The van der Waals surface area contributed by atoms with Crippen molar-refractivity contribution >= 4 is 17.3 Å². The van der Waals surface area contributed by atoms with Gasteiger partial charge in [-0.25, -0.2) is 9.97 Å². The summed E-state index contributed by atoms with van der Waals surface area (Å²) in [5.74, 6) is 1.88. The number of aliphatic carboxylic acids is 1. The Morgan fingerprint density at radius 3 is 2.41 bits per heavy atom. The molecule has 0 saturated heterocycles. The molecule has 2 aromatic heterocycles. The number of nitrogens with two attached hydrogens (primary N) is 1. The van der Waals surface area contributed by atoms with Crippen molar-refractivity contribution < 1.29 is 14.6 Å². The summed E-state index contributed by atoms with van der Waals surface area (Å²) in [6, 6.07) is 17.3. The van der Waals surface area contributed by atoms with Crippen molar-refractivity contribution in [1.29, 1.82) is 0 Å². The maximum absolute atomic E-state index is 12.2. The van der Waals surface area contributed by atoms with Crippen LogP contribution >= 0.6 is 0 Å². The van der Waals surface area contributed by atoms with Crippen molar-refractivity contribution in [2.75, 3.05) is 5.73 Å². The van der Waals surface area contributed by atoms with E-state index in [0.29, 0.717) is 12.2 Å². The van der Waals surface area contributed by atoms with E-state index < -0.39 is 16.8 Å². The minimum Gasteiger partial charge on any atom is -0.481 e. The maximum atomic E-state index is 12.2. The standard InChI is InChI=1S/C27H28N4O3/c1-26(2)20(13-14-27(26,3)25(32)33)24-30-21(22-23(28)29-15-16-31(22)24)17-9-11-19(12-10-17)34-18-7-5-4-6-8-18/h4-12,15-16,20H,13-14H2,1-3H3,(H2,28,29)(H,32,33)/t20-,27+/m1/s1. The summed E-state index contributed by atoms with van der Waals surface area (Å²) in [5, 5.41) is 9.98. The van der Waals surface area contributed by atoms with Crippen LogP contribution in [0.2, 0.25) is 0 Å². The number of ether oxygens (including phenoxy) is 1. The quantitative estimate of drug-likeness (QED) is 0.395. The summed E-state index contributed by atoms with van der Waals surface area (Å²) in [6.07, 6.45) is 4.85. The molecule has 0 unspecified atom stereocenters. The van der Waals surface area contributed by atoms with Gasteiger partial charge in [0.05, 0.1) is 5.41 Å². The van der Waals surface area contributed by atoms with E-state index in [1.807, 2.05) is 86.0 Å². The molecular formula is C27H28N4O3. The minimum absolute atomic E-state index is 0.0441. The number of hydrogen-bond acceptors (Lipinski definition) is 5. The lowest BCUT2D eigenvalue weighted by Gasteiger charge is -2.38. The number of benzene rings is 2. The van der Waals surface area contributed by atoms with Crippen LogP contribution in [0.15, 0.2) is 67.0 Å². The van der Waals surface area contributed by atoms with E-state index in [1.54, 1.807) is 6.20 Å². The fourth-order valence-electron chi connectivity index (χ4n) is 5.17. The molecule has 3 N–H and O–H groups in total. The van der Waals surface area contributed by atoms with Crippen molar-refractivity contribution in [2.45, 2.75) is 39.5 Å². The number of nitrogens with zero attached hydrogens (tertiary/aromatic N) is 3. The van der Waals surface area contributed by atoms with Gasteiger partial charge in [-0.2, -0.15) is 0 Å². The van der Waals surface area contributed by atoms with Gasteiger partial charge in [-0.05, 0) is 61.6 Å². The average Bonchev–Trinajstić information content (AvgIpc) is 3.31. The molecule has 174 valence electrons. The Morgan fingerprint density at radius 1 is 1.09 bits per heavy atom. The molecule has 2 heterocycles. The molecule has 1 aliphatic carbocycles. The van der Waals surface area contributed by atoms with Gasteiger partial charge in [-0.15, -0.1) is 0 Å². The van der Waals surface area contributed by atoms with E-state index in [9.17, 15) is 9.90 Å². The maximum Gasteiger partial charge on any atom is 0.309 e. The molecule has 0 radical (unpaired) electrons. The second kappa shape index (κ2) is 7.87. The van der Waals surface area contributed by atoms with E-state index in [0.717, 1.165) is 40.5 Å². The predicted octanol–water partition coefficient (Wildman–Crippen LogP) is 5.77. The smallest absolute Gasteiger partial charge is 0.309 e. The summed E-state index contributed by atoms with van der Waals surface area (Å²) < 4.78 is 7.90. The van der Waals surface area contributed by atoms with E-state index in [4.69, 9.17) is 15.5 Å². The topological polar surface area (TPSA) is 103 Å². The van der Waals surface area contributed by atoms with Gasteiger partial charge in [0.15, 0.2) is 0 Å². The first kappa shape index (κ1) is 21.9. The van der Waals surface area contributed by atoms with Crippen molar-refractivity contribution in [1.82, 2.24) is 14.4 Å². The van der Waals surface area contributed by atoms with Crippen molar-refractivity contribution in [2.24, 2.45) is 10.8 Å². The zero-order valence-electron chi connectivity index (χ0n) is 19.5. The summed E-state index contributed by atoms with van der Waals surface area (Å²) in [6.45, 7) is 5.90. The number of fused-ring (bicyclic) bond motifs is 1. The minimum atomic E-state index is -0.835. The molecule has 0 aliphatic heterocycles. The first-order chi connectivity index (χ1) is 16.2. The number of para-hydroxylation sites is 1. The highest BCUT2D eigenvalue weighted by Gasteiger charge is 2.57. The van der Waals surface area contributed by atoms with Gasteiger partial charge < -0.3 is 15.6 Å². The number of imidazole rings is 1. The van der Waals surface area contributed by atoms with Crippen LogP contribution in [0.3, 0.4) is 0 Å². The third kappa shape index (κ3) is 3.31. The third-order valence-corrected chi connectivity index (χ3v) is 7.73. The van der Waals surface area contributed by atoms with Gasteiger partial charge in [0.25, 0.3) is 0 Å². The van der Waals surface area contributed by atoms with Gasteiger partial charge in [-0.3, -0.25) is 9.20 Å². The predicted molar refractivity (Wildman–Crippen MR) is 131 cm³/mol. The van der Waals surface area contributed by atoms with Crippen LogP contribution < -0.4 is 10.5 Å². The Bertz CT molecular complexity index is 1360. The monoisotopic (exact) mass is 456 g/mol. The second-order valence-corrected chi connectivity index (χ2v) is 9.74. The molecule has 1 saturated carbocycles. The first-order valence-electron chi connectivity index (χ1n) is 11.4. The van der Waals surface area contributed by atoms with Gasteiger partial charge in [-0.1, -0.05) is 32.0 Å². The Balaban J connectivity index is 1.57. The highest BCUT2D eigenvalue weighted by molar-refractivity contribution is 5.85. The Hall–Kier alpha value is -3.87. The fraction of sp³-hybridized carbons (Fsp3) is 0.296. The number of aromatic nitrogens is 3. The van der Waals surface area contributed by atoms with E-state index in [2.05, 4.69) is 4.98 Å². The van der Waals surface area contributed by atoms with Crippen molar-refractivity contribution in [3.63, 3.8) is 0 Å². The van der Waals surface area contributed by atoms with E-state index in [1.165, 1.54) is 0 Å². The lowest BCUT2D eigenvalue weighted by Crippen LogP contribution is -2.40. The summed E-state index contributed by atoms with van der Waals surface area (Å²) in [4.78, 5) is 21.5. The number of rotatable bonds is 5. The Morgan fingerprint density at radius 2 is 1.76 bits per heavy atom. The Labute approximate surface area is 198 Å². The molecule has 34 heavy (non-hydrogen) atoms. The molecule has 7 heteroatoms. The van der Waals surface area contributed by atoms with Crippen LogP contribution in [0.5, 0.6) is 11.5 Å². The number of carboxylic acid groups (broad SMARTS) is 1. The molecule has 0 spiro atoms.